The van der Waals surface area contributed by atoms with Crippen LogP contribution in [-0.2, 0) is 57.3 Å². The topological polar surface area (TPSA) is 222 Å². The Labute approximate surface area is 451 Å². The number of carbonyl (C=O) groups excluding carboxylic acids is 8. The second-order valence-corrected chi connectivity index (χ2v) is 22.4. The van der Waals surface area contributed by atoms with Crippen LogP contribution in [0.4, 0.5) is 0 Å². The fraction of sp³-hybridized carbons (Fsp3) is 0.825. The zero-order valence-corrected chi connectivity index (χ0v) is 48.2. The van der Waals surface area contributed by atoms with E-state index in [4.69, 9.17) is 18.9 Å². The Morgan fingerprint density at radius 1 is 0.473 bits per heavy atom. The molecule has 0 aromatic rings. The summed E-state index contributed by atoms with van der Waals surface area (Å²) >= 11 is 1.20. The number of amides is 4. The molecule has 0 radical (unpaired) electrons. The number of ether oxygens (including phenoxy) is 4. The van der Waals surface area contributed by atoms with E-state index in [0.29, 0.717) is 6.42 Å². The SMILES string of the molecule is CCCCCCCCCCCCCCCC(=O)OCC(CS/C=C\C(=O)NCC(=O)NCC(=O)NCC(=O)N[C@@H](CCC(=O)OC(C)(C)C)C(=O)OC(C)(C)C)OC(=O)CCCCCCCCCCCCCCC. The second kappa shape index (κ2) is 45.1. The van der Waals surface area contributed by atoms with Crippen LogP contribution in [0.1, 0.15) is 248 Å². The molecule has 0 fully saturated rings. The summed E-state index contributed by atoms with van der Waals surface area (Å²) in [7, 11) is 0. The molecule has 2 atom stereocenters. The minimum absolute atomic E-state index is 0.0878. The first-order chi connectivity index (χ1) is 35.2. The Morgan fingerprint density at radius 3 is 1.32 bits per heavy atom. The van der Waals surface area contributed by atoms with Crippen molar-refractivity contribution in [2.24, 2.45) is 0 Å². The summed E-state index contributed by atoms with van der Waals surface area (Å²) in [4.78, 5) is 101. The molecule has 0 aliphatic rings. The molecule has 0 aromatic carbocycles. The molecule has 428 valence electrons. The smallest absolute Gasteiger partial charge is 0.329 e. The molecule has 0 rings (SSSR count). The molecule has 0 aliphatic carbocycles. The van der Waals surface area contributed by atoms with E-state index in [1.165, 1.54) is 145 Å². The van der Waals surface area contributed by atoms with Crippen molar-refractivity contribution in [2.75, 3.05) is 32.0 Å². The maximum absolute atomic E-state index is 12.9. The highest BCUT2D eigenvalue weighted by atomic mass is 32.2. The summed E-state index contributed by atoms with van der Waals surface area (Å²) < 4.78 is 22.0. The normalized spacial score (nSPS) is 12.4. The van der Waals surface area contributed by atoms with Crippen LogP contribution in [0, 0.1) is 0 Å². The predicted octanol–water partition coefficient (Wildman–Crippen LogP) is 10.9. The number of nitrogens with one attached hydrogen (secondary N) is 4. The van der Waals surface area contributed by atoms with Gasteiger partial charge in [-0.15, -0.1) is 11.8 Å². The molecular formula is C57H102N4O12S. The summed E-state index contributed by atoms with van der Waals surface area (Å²) in [6.45, 7) is 13.1. The van der Waals surface area contributed by atoms with Crippen molar-refractivity contribution in [1.82, 2.24) is 21.3 Å². The summed E-state index contributed by atoms with van der Waals surface area (Å²) in [6, 6.07) is -1.18. The van der Waals surface area contributed by atoms with Crippen LogP contribution >= 0.6 is 11.8 Å². The lowest BCUT2D eigenvalue weighted by atomic mass is 10.0. The van der Waals surface area contributed by atoms with Crippen LogP contribution in [0.2, 0.25) is 0 Å². The van der Waals surface area contributed by atoms with Crippen molar-refractivity contribution in [3.63, 3.8) is 0 Å². The van der Waals surface area contributed by atoms with Crippen molar-refractivity contribution in [3.05, 3.63) is 11.5 Å². The Morgan fingerprint density at radius 2 is 0.878 bits per heavy atom. The molecule has 0 aliphatic heterocycles. The number of unbranched alkanes of at least 4 members (excludes halogenated alkanes) is 24. The standard InChI is InChI=1S/C57H102N4O12S/c1-9-11-13-15-17-19-21-23-25-27-29-31-33-35-52(66)70-44-46(71-53(67)36-34-32-30-28-26-24-22-20-18-16-14-12-10-2)45-74-40-39-48(62)58-41-49(63)59-42-50(64)60-43-51(65)61-47(55(69)73-57(6,7)8)37-38-54(68)72-56(3,4)5/h39-40,46-47H,9-38,41-45H2,1-8H3,(H,58,62)(H,59,63)(H,60,64)(H,61,65)/b40-39-/t46?,47-/m0/s1. The molecule has 0 spiro atoms. The number of esters is 4. The Hall–Kier alpha value is -4.15. The van der Waals surface area contributed by atoms with E-state index in [2.05, 4.69) is 35.1 Å². The lowest BCUT2D eigenvalue weighted by Gasteiger charge is -2.25. The fourth-order valence-corrected chi connectivity index (χ4v) is 8.41. The fourth-order valence-electron chi connectivity index (χ4n) is 7.70. The van der Waals surface area contributed by atoms with Crippen molar-refractivity contribution >= 4 is 59.3 Å². The molecular weight excluding hydrogens is 965 g/mol. The van der Waals surface area contributed by atoms with Crippen LogP contribution in [0.25, 0.3) is 0 Å². The van der Waals surface area contributed by atoms with Crippen molar-refractivity contribution in [1.29, 1.82) is 0 Å². The van der Waals surface area contributed by atoms with Crippen LogP contribution in [-0.4, -0.2) is 103 Å². The number of hydrogen-bond donors (Lipinski definition) is 4. The molecule has 0 saturated carbocycles. The summed E-state index contributed by atoms with van der Waals surface area (Å²) in [6.07, 6.45) is 32.2. The minimum Gasteiger partial charge on any atom is -0.462 e. The van der Waals surface area contributed by atoms with Crippen LogP contribution in [0.15, 0.2) is 11.5 Å². The first-order valence-corrected chi connectivity index (χ1v) is 29.5. The number of thioether (sulfide) groups is 1. The van der Waals surface area contributed by atoms with Gasteiger partial charge in [-0.1, -0.05) is 168 Å². The largest absolute Gasteiger partial charge is 0.462 e. The molecule has 0 saturated heterocycles. The van der Waals surface area contributed by atoms with Gasteiger partial charge in [-0.3, -0.25) is 33.6 Å². The van der Waals surface area contributed by atoms with Gasteiger partial charge in [-0.05, 0) is 66.2 Å². The first kappa shape index (κ1) is 69.8. The third-order valence-electron chi connectivity index (χ3n) is 11.7. The zero-order valence-electron chi connectivity index (χ0n) is 47.4. The highest BCUT2D eigenvalue weighted by Gasteiger charge is 2.28. The van der Waals surface area contributed by atoms with Crippen LogP contribution in [0.5, 0.6) is 0 Å². The lowest BCUT2D eigenvalue weighted by molar-refractivity contribution is -0.160. The average molecular weight is 1070 g/mol. The minimum atomic E-state index is -1.18. The third kappa shape index (κ3) is 47.6. The predicted molar refractivity (Wildman–Crippen MR) is 295 cm³/mol. The van der Waals surface area contributed by atoms with E-state index in [-0.39, 0.29) is 43.6 Å². The van der Waals surface area contributed by atoms with E-state index < -0.39 is 78.5 Å². The van der Waals surface area contributed by atoms with E-state index in [1.807, 2.05) is 0 Å². The van der Waals surface area contributed by atoms with Gasteiger partial charge in [-0.25, -0.2) is 4.79 Å². The maximum Gasteiger partial charge on any atom is 0.329 e. The van der Waals surface area contributed by atoms with Gasteiger partial charge < -0.3 is 40.2 Å². The molecule has 17 heteroatoms. The second-order valence-electron chi connectivity index (χ2n) is 21.5. The molecule has 4 N–H and O–H groups in total. The Kier molecular flexibility index (Phi) is 42.6. The maximum atomic E-state index is 12.9. The lowest BCUT2D eigenvalue weighted by Crippen LogP contribution is -2.49. The molecule has 74 heavy (non-hydrogen) atoms. The number of carbonyl (C=O) groups is 8. The van der Waals surface area contributed by atoms with E-state index in [1.54, 1.807) is 41.5 Å². The van der Waals surface area contributed by atoms with Crippen molar-refractivity contribution in [3.8, 4) is 0 Å². The number of hydrogen-bond acceptors (Lipinski definition) is 13. The van der Waals surface area contributed by atoms with Crippen LogP contribution in [0.3, 0.4) is 0 Å². The van der Waals surface area contributed by atoms with Gasteiger partial charge >= 0.3 is 23.9 Å². The average Bonchev–Trinajstić information content (AvgIpc) is 3.33. The summed E-state index contributed by atoms with van der Waals surface area (Å²) in [5.74, 6) is -4.43. The molecule has 0 aromatic heterocycles. The Balaban J connectivity index is 4.86. The van der Waals surface area contributed by atoms with Crippen molar-refractivity contribution in [2.45, 2.75) is 271 Å². The van der Waals surface area contributed by atoms with Crippen molar-refractivity contribution < 1.29 is 57.3 Å². The van der Waals surface area contributed by atoms with Gasteiger partial charge in [0.15, 0.2) is 0 Å². The van der Waals surface area contributed by atoms with Gasteiger partial charge in [0.2, 0.25) is 23.6 Å². The summed E-state index contributed by atoms with van der Waals surface area (Å²) in [5.41, 5.74) is -1.59. The highest BCUT2D eigenvalue weighted by Crippen LogP contribution is 2.18. The zero-order chi connectivity index (χ0) is 55.3. The third-order valence-corrected chi connectivity index (χ3v) is 12.6. The molecule has 0 heterocycles. The molecule has 1 unspecified atom stereocenters. The highest BCUT2D eigenvalue weighted by molar-refractivity contribution is 8.02. The van der Waals surface area contributed by atoms with E-state index in [0.717, 1.165) is 44.9 Å². The monoisotopic (exact) mass is 1070 g/mol. The van der Waals surface area contributed by atoms with E-state index >= 15 is 0 Å². The summed E-state index contributed by atoms with van der Waals surface area (Å²) in [5, 5.41) is 11.1. The van der Waals surface area contributed by atoms with Gasteiger partial charge in [0, 0.05) is 31.1 Å². The van der Waals surface area contributed by atoms with Crippen LogP contribution < -0.4 is 21.3 Å². The molecule has 16 nitrogen and oxygen atoms in total. The number of rotatable bonds is 46. The van der Waals surface area contributed by atoms with Gasteiger partial charge in [0.05, 0.1) is 19.6 Å². The first-order valence-electron chi connectivity index (χ1n) is 28.4. The van der Waals surface area contributed by atoms with Gasteiger partial charge in [0.1, 0.15) is 30.0 Å². The quantitative estimate of drug-likeness (QED) is 0.0193. The van der Waals surface area contributed by atoms with Gasteiger partial charge in [0.25, 0.3) is 0 Å². The van der Waals surface area contributed by atoms with E-state index in [9.17, 15) is 38.4 Å². The molecule has 0 bridgehead atoms. The van der Waals surface area contributed by atoms with Gasteiger partial charge in [-0.2, -0.15) is 0 Å². The molecule has 4 amide bonds. The Bertz CT molecular complexity index is 1600.